The molecule has 2 aliphatic carbocycles. The Morgan fingerprint density at radius 1 is 1.13 bits per heavy atom. The van der Waals surface area contributed by atoms with E-state index in [0.29, 0.717) is 12.8 Å². The second-order valence-electron chi connectivity index (χ2n) is 6.03. The molecular weight excluding hydrogens is 351 g/mol. The zero-order chi connectivity index (χ0) is 17.6. The lowest BCUT2D eigenvalue weighted by Gasteiger charge is -2.28. The van der Waals surface area contributed by atoms with Gasteiger partial charge in [-0.05, 0) is 31.1 Å². The van der Waals surface area contributed by atoms with E-state index >= 15 is 0 Å². The van der Waals surface area contributed by atoms with Gasteiger partial charge in [-0.2, -0.15) is 30.4 Å². The minimum absolute atomic E-state index is 0.137. The monoisotopic (exact) mass is 366 g/mol. The van der Waals surface area contributed by atoms with Crippen LogP contribution in [0.2, 0.25) is 0 Å². The van der Waals surface area contributed by atoms with Crippen molar-refractivity contribution < 1.29 is 44.5 Å². The van der Waals surface area contributed by atoms with Crippen molar-refractivity contribution in [3.05, 3.63) is 0 Å². The molecule has 5 nitrogen and oxygen atoms in total. The van der Waals surface area contributed by atoms with Crippen LogP contribution in [0.25, 0.3) is 0 Å². The second kappa shape index (κ2) is 5.83. The largest absolute Gasteiger partial charge is 0.444 e. The number of hydrogen-bond acceptors (Lipinski definition) is 4. The van der Waals surface area contributed by atoms with Crippen molar-refractivity contribution in [1.29, 1.82) is 0 Å². The summed E-state index contributed by atoms with van der Waals surface area (Å²) in [5.41, 5.74) is 0. The molecule has 0 amide bonds. The van der Waals surface area contributed by atoms with Crippen molar-refractivity contribution in [3.63, 3.8) is 0 Å². The maximum atomic E-state index is 13.4. The Bertz CT molecular complexity index is 573. The van der Waals surface area contributed by atoms with Crippen LogP contribution in [0.3, 0.4) is 0 Å². The Hall–Kier alpha value is -0.970. The van der Waals surface area contributed by atoms with Crippen molar-refractivity contribution in [2.24, 2.45) is 17.8 Å². The fourth-order valence-corrected chi connectivity index (χ4v) is 3.87. The Kier molecular flexibility index (Phi) is 4.66. The van der Waals surface area contributed by atoms with Gasteiger partial charge in [0.15, 0.2) is 0 Å². The fourth-order valence-electron chi connectivity index (χ4n) is 3.42. The number of esters is 1. The topological polar surface area (TPSA) is 80.7 Å². The number of fused-ring (bicyclic) bond motifs is 2. The van der Waals surface area contributed by atoms with E-state index in [1.165, 1.54) is 0 Å². The average molecular weight is 366 g/mol. The molecule has 0 saturated heterocycles. The molecule has 0 aromatic heterocycles. The van der Waals surface area contributed by atoms with Crippen molar-refractivity contribution in [3.8, 4) is 0 Å². The average Bonchev–Trinajstić information content (AvgIpc) is 2.67. The summed E-state index contributed by atoms with van der Waals surface area (Å²) in [4.78, 5) is 11.9. The summed E-state index contributed by atoms with van der Waals surface area (Å²) in [5, 5.41) is -5.67. The first-order valence-corrected chi connectivity index (χ1v) is 8.40. The second-order valence-corrected chi connectivity index (χ2v) is 7.52. The molecule has 0 aromatic rings. The molecule has 0 spiro atoms. The van der Waals surface area contributed by atoms with Crippen LogP contribution in [-0.2, 0) is 19.6 Å². The summed E-state index contributed by atoms with van der Waals surface area (Å²) in [6.45, 7) is 0. The van der Waals surface area contributed by atoms with Crippen LogP contribution in [0.1, 0.15) is 32.1 Å². The highest BCUT2D eigenvalue weighted by atomic mass is 32.2. The van der Waals surface area contributed by atoms with Crippen molar-refractivity contribution in [2.75, 3.05) is 0 Å². The zero-order valence-electron chi connectivity index (χ0n) is 11.7. The molecule has 23 heavy (non-hydrogen) atoms. The van der Waals surface area contributed by atoms with Gasteiger partial charge in [-0.15, -0.1) is 0 Å². The van der Waals surface area contributed by atoms with Gasteiger partial charge in [-0.1, -0.05) is 12.8 Å². The van der Waals surface area contributed by atoms with Crippen LogP contribution in [-0.4, -0.2) is 36.5 Å². The highest BCUT2D eigenvalue weighted by molar-refractivity contribution is 7.86. The van der Waals surface area contributed by atoms with Crippen molar-refractivity contribution >= 4 is 16.1 Å². The minimum atomic E-state index is -6.40. The summed E-state index contributed by atoms with van der Waals surface area (Å²) in [7, 11) is -6.40. The van der Waals surface area contributed by atoms with E-state index in [1.54, 1.807) is 0 Å². The fraction of sp³-hybridized carbons (Fsp3) is 0.917. The lowest BCUT2D eigenvalue weighted by atomic mass is 9.87. The number of alkyl halides is 5. The van der Waals surface area contributed by atoms with Crippen molar-refractivity contribution in [1.82, 2.24) is 0 Å². The van der Waals surface area contributed by atoms with E-state index in [-0.39, 0.29) is 18.3 Å². The Labute approximate surface area is 128 Å². The predicted molar refractivity (Wildman–Crippen MR) is 66.0 cm³/mol. The Morgan fingerprint density at radius 2 is 1.74 bits per heavy atom. The molecule has 2 bridgehead atoms. The van der Waals surface area contributed by atoms with E-state index in [0.717, 1.165) is 12.8 Å². The minimum Gasteiger partial charge on any atom is -0.444 e. The molecule has 0 aliphatic heterocycles. The predicted octanol–water partition coefficient (Wildman–Crippen LogP) is 2.77. The first-order valence-electron chi connectivity index (χ1n) is 6.96. The maximum absolute atomic E-state index is 13.4. The summed E-state index contributed by atoms with van der Waals surface area (Å²) < 4.78 is 98.2. The molecule has 4 unspecified atom stereocenters. The zero-order valence-corrected chi connectivity index (χ0v) is 12.5. The molecule has 2 fully saturated rings. The van der Waals surface area contributed by atoms with Gasteiger partial charge in [0.2, 0.25) is 0 Å². The summed E-state index contributed by atoms with van der Waals surface area (Å²) >= 11 is 0. The third kappa shape index (κ3) is 3.59. The van der Waals surface area contributed by atoms with Gasteiger partial charge in [0.05, 0.1) is 5.92 Å². The number of carbonyl (C=O) groups excluding carboxylic acids is 1. The van der Waals surface area contributed by atoms with Crippen LogP contribution >= 0.6 is 0 Å². The Morgan fingerprint density at radius 3 is 2.22 bits per heavy atom. The third-order valence-electron chi connectivity index (χ3n) is 4.46. The van der Waals surface area contributed by atoms with Gasteiger partial charge in [-0.3, -0.25) is 9.35 Å². The van der Waals surface area contributed by atoms with Crippen LogP contribution in [0.15, 0.2) is 0 Å². The molecule has 0 heterocycles. The lowest BCUT2D eigenvalue weighted by Crippen LogP contribution is -2.52. The smallest absolute Gasteiger partial charge is 0.432 e. The molecule has 2 saturated carbocycles. The number of halogens is 5. The number of ether oxygens (including phenoxy) is 1. The van der Waals surface area contributed by atoms with Crippen LogP contribution < -0.4 is 0 Å². The molecule has 2 aliphatic rings. The van der Waals surface area contributed by atoms with E-state index in [9.17, 15) is 35.2 Å². The van der Waals surface area contributed by atoms with E-state index in [2.05, 4.69) is 4.74 Å². The lowest BCUT2D eigenvalue weighted by molar-refractivity contribution is -0.261. The van der Waals surface area contributed by atoms with E-state index in [1.807, 2.05) is 0 Å². The van der Waals surface area contributed by atoms with Crippen molar-refractivity contribution in [2.45, 2.75) is 49.6 Å². The van der Waals surface area contributed by atoms with Gasteiger partial charge in [0.1, 0.15) is 0 Å². The quantitative estimate of drug-likeness (QED) is 0.470. The molecular formula is C12H15F5O5S. The standard InChI is InChI=1S/C12H15F5O5S/c13-11(14,15)10(12(16,17)23(19,20)21)22-9(18)8-5-6-2-1-3-7(8)4-6/h6-8,10H,1-5H2,(H,19,20,21). The normalized spacial score (nSPS) is 30.1. The molecule has 134 valence electrons. The third-order valence-corrected chi connectivity index (χ3v) is 5.36. The summed E-state index contributed by atoms with van der Waals surface area (Å²) in [5.74, 6) is -2.55. The van der Waals surface area contributed by atoms with E-state index < -0.39 is 39.5 Å². The molecule has 4 atom stereocenters. The molecule has 1 N–H and O–H groups in total. The highest BCUT2D eigenvalue weighted by Gasteiger charge is 2.66. The maximum Gasteiger partial charge on any atom is 0.432 e. The number of rotatable bonds is 4. The van der Waals surface area contributed by atoms with Crippen LogP contribution in [0, 0.1) is 17.8 Å². The first-order chi connectivity index (χ1) is 10.3. The highest BCUT2D eigenvalue weighted by Crippen LogP contribution is 2.47. The number of hydrogen-bond donors (Lipinski definition) is 1. The SMILES string of the molecule is O=C(OC(C(F)(F)F)C(F)(F)S(=O)(=O)O)C1CC2CCCC1C2. The molecule has 2 rings (SSSR count). The van der Waals surface area contributed by atoms with Gasteiger partial charge < -0.3 is 4.74 Å². The van der Waals surface area contributed by atoms with Gasteiger partial charge in [0.25, 0.3) is 6.10 Å². The van der Waals surface area contributed by atoms with E-state index in [4.69, 9.17) is 4.55 Å². The Balaban J connectivity index is 2.20. The van der Waals surface area contributed by atoms with Crippen LogP contribution in [0.4, 0.5) is 22.0 Å². The van der Waals surface area contributed by atoms with Crippen LogP contribution in [0.5, 0.6) is 0 Å². The van der Waals surface area contributed by atoms with Gasteiger partial charge in [0, 0.05) is 0 Å². The summed E-state index contributed by atoms with van der Waals surface area (Å²) in [6.07, 6.45) is -7.04. The molecule has 0 radical (unpaired) electrons. The molecule has 11 heteroatoms. The number of carbonyl (C=O) groups is 1. The van der Waals surface area contributed by atoms with Gasteiger partial charge >= 0.3 is 27.5 Å². The summed E-state index contributed by atoms with van der Waals surface area (Å²) in [6, 6.07) is 0. The first kappa shape index (κ1) is 18.4. The molecule has 0 aromatic carbocycles. The van der Waals surface area contributed by atoms with Gasteiger partial charge in [-0.25, -0.2) is 0 Å².